The standard InChI is InChI=1S/C22H19NO4/c1-14-4-3-5-17(10-14)21(24)18(13-23)11-15-6-9-19(20(12-15)26-2)27-22(25)16-7-8-16/h3-6,9-12,16H,7-8H2,1-2H3/b18-11+. The van der Waals surface area contributed by atoms with Crippen LogP contribution < -0.4 is 9.47 Å². The second-order valence-corrected chi connectivity index (χ2v) is 6.47. The molecule has 2 aromatic carbocycles. The third-order valence-electron chi connectivity index (χ3n) is 4.27. The molecule has 0 spiro atoms. The molecule has 3 rings (SSSR count). The van der Waals surface area contributed by atoms with Gasteiger partial charge in [0.15, 0.2) is 11.5 Å². The topological polar surface area (TPSA) is 76.4 Å². The Morgan fingerprint density at radius 3 is 2.56 bits per heavy atom. The number of carbonyl (C=O) groups is 2. The lowest BCUT2D eigenvalue weighted by molar-refractivity contribution is -0.135. The van der Waals surface area contributed by atoms with Gasteiger partial charge in [0.1, 0.15) is 11.6 Å². The molecule has 1 aliphatic carbocycles. The number of aryl methyl sites for hydroxylation is 1. The van der Waals surface area contributed by atoms with Crippen LogP contribution in [0.25, 0.3) is 6.08 Å². The minimum atomic E-state index is -0.343. The molecule has 0 amide bonds. The normalized spacial score (nSPS) is 13.6. The molecule has 0 bridgehead atoms. The molecule has 0 radical (unpaired) electrons. The van der Waals surface area contributed by atoms with Gasteiger partial charge >= 0.3 is 5.97 Å². The number of ketones is 1. The summed E-state index contributed by atoms with van der Waals surface area (Å²) < 4.78 is 10.6. The summed E-state index contributed by atoms with van der Waals surface area (Å²) in [4.78, 5) is 24.4. The summed E-state index contributed by atoms with van der Waals surface area (Å²) in [6.45, 7) is 1.89. The lowest BCUT2D eigenvalue weighted by Crippen LogP contribution is -2.10. The fraction of sp³-hybridized carbons (Fsp3) is 0.227. The third-order valence-corrected chi connectivity index (χ3v) is 4.27. The Morgan fingerprint density at radius 1 is 1.15 bits per heavy atom. The van der Waals surface area contributed by atoms with Gasteiger partial charge in [-0.2, -0.15) is 5.26 Å². The summed E-state index contributed by atoms with van der Waals surface area (Å²) in [5, 5.41) is 9.42. The number of hydrogen-bond donors (Lipinski definition) is 0. The Morgan fingerprint density at radius 2 is 1.93 bits per heavy atom. The monoisotopic (exact) mass is 361 g/mol. The predicted octanol–water partition coefficient (Wildman–Crippen LogP) is 4.11. The molecule has 0 saturated heterocycles. The predicted molar refractivity (Wildman–Crippen MR) is 100 cm³/mol. The Kier molecular flexibility index (Phi) is 5.37. The minimum Gasteiger partial charge on any atom is -0.493 e. The van der Waals surface area contributed by atoms with Crippen molar-refractivity contribution in [3.63, 3.8) is 0 Å². The van der Waals surface area contributed by atoms with E-state index >= 15 is 0 Å². The van der Waals surface area contributed by atoms with Gasteiger partial charge in [-0.15, -0.1) is 0 Å². The van der Waals surface area contributed by atoms with Gasteiger partial charge in [-0.05, 0) is 49.6 Å². The Hall–Kier alpha value is -3.39. The molecule has 0 unspecified atom stereocenters. The highest BCUT2D eigenvalue weighted by Crippen LogP contribution is 2.34. The number of Topliss-reactive ketones (excluding diaryl/α,β-unsaturated/α-hetero) is 1. The Labute approximate surface area is 157 Å². The third kappa shape index (κ3) is 4.42. The van der Waals surface area contributed by atoms with Crippen LogP contribution in [0.15, 0.2) is 48.0 Å². The number of rotatable bonds is 6. The molecule has 0 heterocycles. The summed E-state index contributed by atoms with van der Waals surface area (Å²) in [5.74, 6) is 0.0767. The van der Waals surface area contributed by atoms with Crippen LogP contribution >= 0.6 is 0 Å². The number of methoxy groups -OCH3 is 1. The lowest BCUT2D eigenvalue weighted by Gasteiger charge is -2.10. The molecule has 1 saturated carbocycles. The quantitative estimate of drug-likeness (QED) is 0.254. The average molecular weight is 361 g/mol. The van der Waals surface area contributed by atoms with Crippen molar-refractivity contribution in [2.24, 2.45) is 5.92 Å². The molecule has 0 N–H and O–H groups in total. The maximum atomic E-state index is 12.6. The van der Waals surface area contributed by atoms with E-state index in [1.807, 2.05) is 19.1 Å². The summed E-state index contributed by atoms with van der Waals surface area (Å²) in [6, 6.07) is 14.0. The Balaban J connectivity index is 1.86. The van der Waals surface area contributed by atoms with Crippen molar-refractivity contribution in [1.29, 1.82) is 5.26 Å². The van der Waals surface area contributed by atoms with Crippen LogP contribution in [-0.4, -0.2) is 18.9 Å². The van der Waals surface area contributed by atoms with E-state index in [4.69, 9.17) is 9.47 Å². The van der Waals surface area contributed by atoms with Crippen LogP contribution in [0.5, 0.6) is 11.5 Å². The lowest BCUT2D eigenvalue weighted by atomic mass is 10.0. The van der Waals surface area contributed by atoms with Crippen molar-refractivity contribution < 1.29 is 19.1 Å². The zero-order valence-electron chi connectivity index (χ0n) is 15.2. The summed E-state index contributed by atoms with van der Waals surface area (Å²) in [7, 11) is 1.47. The van der Waals surface area contributed by atoms with Gasteiger partial charge in [-0.3, -0.25) is 9.59 Å². The number of nitrogens with zero attached hydrogens (tertiary/aromatic N) is 1. The highest BCUT2D eigenvalue weighted by atomic mass is 16.6. The summed E-state index contributed by atoms with van der Waals surface area (Å²) in [5.41, 5.74) is 2.03. The van der Waals surface area contributed by atoms with Gasteiger partial charge in [-0.1, -0.05) is 29.8 Å². The van der Waals surface area contributed by atoms with E-state index in [1.54, 1.807) is 36.4 Å². The van der Waals surface area contributed by atoms with E-state index in [9.17, 15) is 14.9 Å². The number of esters is 1. The average Bonchev–Trinajstić information content (AvgIpc) is 3.51. The fourth-order valence-electron chi connectivity index (χ4n) is 2.63. The highest BCUT2D eigenvalue weighted by Gasteiger charge is 2.32. The van der Waals surface area contributed by atoms with E-state index in [1.165, 1.54) is 13.2 Å². The number of benzene rings is 2. The molecule has 5 heteroatoms. The zero-order valence-corrected chi connectivity index (χ0v) is 15.2. The van der Waals surface area contributed by atoms with Crippen molar-refractivity contribution in [2.45, 2.75) is 19.8 Å². The van der Waals surface area contributed by atoms with Crippen LogP contribution in [0.2, 0.25) is 0 Å². The number of carbonyl (C=O) groups excluding carboxylic acids is 2. The Bertz CT molecular complexity index is 965. The summed E-state index contributed by atoms with van der Waals surface area (Å²) >= 11 is 0. The van der Waals surface area contributed by atoms with E-state index in [0.717, 1.165) is 18.4 Å². The van der Waals surface area contributed by atoms with Gasteiger partial charge in [0.05, 0.1) is 13.0 Å². The summed E-state index contributed by atoms with van der Waals surface area (Å²) in [6.07, 6.45) is 3.21. The fourth-order valence-corrected chi connectivity index (χ4v) is 2.63. The zero-order chi connectivity index (χ0) is 19.4. The second-order valence-electron chi connectivity index (χ2n) is 6.47. The van der Waals surface area contributed by atoms with Gasteiger partial charge in [0.25, 0.3) is 0 Å². The smallest absolute Gasteiger partial charge is 0.314 e. The van der Waals surface area contributed by atoms with Crippen molar-refractivity contribution in [3.8, 4) is 17.6 Å². The molecule has 1 fully saturated rings. The first kappa shape index (κ1) is 18.4. The molecule has 1 aliphatic rings. The van der Waals surface area contributed by atoms with E-state index in [2.05, 4.69) is 0 Å². The highest BCUT2D eigenvalue weighted by molar-refractivity contribution is 6.14. The van der Waals surface area contributed by atoms with Crippen molar-refractivity contribution in [3.05, 3.63) is 64.7 Å². The van der Waals surface area contributed by atoms with Gasteiger partial charge in [0, 0.05) is 5.56 Å². The van der Waals surface area contributed by atoms with E-state index in [0.29, 0.717) is 22.6 Å². The first-order valence-electron chi connectivity index (χ1n) is 8.64. The number of nitriles is 1. The van der Waals surface area contributed by atoms with Crippen LogP contribution in [0.1, 0.15) is 34.3 Å². The second kappa shape index (κ2) is 7.88. The molecule has 0 atom stereocenters. The molecular formula is C22H19NO4. The van der Waals surface area contributed by atoms with E-state index in [-0.39, 0.29) is 23.2 Å². The number of hydrogen-bond acceptors (Lipinski definition) is 5. The molecule has 5 nitrogen and oxygen atoms in total. The molecule has 0 aliphatic heterocycles. The first-order valence-corrected chi connectivity index (χ1v) is 8.64. The van der Waals surface area contributed by atoms with Crippen molar-refractivity contribution in [1.82, 2.24) is 0 Å². The maximum absolute atomic E-state index is 12.6. The molecule has 27 heavy (non-hydrogen) atoms. The minimum absolute atomic E-state index is 0.0189. The van der Waals surface area contributed by atoms with Crippen LogP contribution in [0.4, 0.5) is 0 Å². The van der Waals surface area contributed by atoms with Gasteiger partial charge in [-0.25, -0.2) is 0 Å². The number of ether oxygens (including phenoxy) is 2. The maximum Gasteiger partial charge on any atom is 0.314 e. The van der Waals surface area contributed by atoms with Crippen LogP contribution in [-0.2, 0) is 4.79 Å². The van der Waals surface area contributed by atoms with Gasteiger partial charge in [0.2, 0.25) is 5.78 Å². The number of allylic oxidation sites excluding steroid dienone is 1. The van der Waals surface area contributed by atoms with Gasteiger partial charge < -0.3 is 9.47 Å². The van der Waals surface area contributed by atoms with Crippen LogP contribution in [0.3, 0.4) is 0 Å². The molecule has 2 aromatic rings. The SMILES string of the molecule is COc1cc(/C=C(\C#N)C(=O)c2cccc(C)c2)ccc1OC(=O)C1CC1. The van der Waals surface area contributed by atoms with Crippen molar-refractivity contribution >= 4 is 17.8 Å². The first-order chi connectivity index (χ1) is 13.0. The molecular weight excluding hydrogens is 342 g/mol. The van der Waals surface area contributed by atoms with Crippen molar-refractivity contribution in [2.75, 3.05) is 7.11 Å². The largest absolute Gasteiger partial charge is 0.493 e. The van der Waals surface area contributed by atoms with E-state index < -0.39 is 0 Å². The molecule has 136 valence electrons. The van der Waals surface area contributed by atoms with Crippen LogP contribution in [0, 0.1) is 24.2 Å². The molecule has 0 aromatic heterocycles.